The Kier molecular flexibility index (Phi) is 7.53. The smallest absolute Gasteiger partial charge is 0.494 e. The number of sulfonamides is 1. The van der Waals surface area contributed by atoms with E-state index in [2.05, 4.69) is 15.6 Å². The second-order valence-electron chi connectivity index (χ2n) is 6.23. The van der Waals surface area contributed by atoms with Crippen molar-refractivity contribution in [2.75, 3.05) is 26.7 Å². The quantitative estimate of drug-likeness (QED) is 0.542. The number of halogens is 3. The van der Waals surface area contributed by atoms with Crippen molar-refractivity contribution < 1.29 is 26.3 Å². The maximum Gasteiger partial charge on any atom is 0.511 e. The summed E-state index contributed by atoms with van der Waals surface area (Å²) in [6, 6.07) is 7.39. The molecule has 0 aliphatic carbocycles. The van der Waals surface area contributed by atoms with Gasteiger partial charge >= 0.3 is 15.5 Å². The number of nitrogens with one attached hydrogen (secondary N) is 2. The Balaban J connectivity index is 1.88. The van der Waals surface area contributed by atoms with Gasteiger partial charge in [-0.2, -0.15) is 17.5 Å². The van der Waals surface area contributed by atoms with Crippen LogP contribution in [0.15, 0.2) is 29.3 Å². The van der Waals surface area contributed by atoms with E-state index in [1.54, 1.807) is 7.05 Å². The Hall–Kier alpha value is -2.01. The minimum atomic E-state index is -5.27. The van der Waals surface area contributed by atoms with Crippen molar-refractivity contribution in [3.63, 3.8) is 0 Å². The number of alkyl halides is 3. The van der Waals surface area contributed by atoms with Gasteiger partial charge in [0.25, 0.3) is 0 Å². The number of hydrogen-bond donors (Lipinski definition) is 2. The van der Waals surface area contributed by atoms with E-state index in [9.17, 15) is 21.6 Å². The number of aliphatic imine (C=N–C) groups is 1. The van der Waals surface area contributed by atoms with Crippen LogP contribution in [0.25, 0.3) is 0 Å². The van der Waals surface area contributed by atoms with E-state index in [1.807, 2.05) is 31.2 Å². The highest BCUT2D eigenvalue weighted by Crippen LogP contribution is 2.29. The van der Waals surface area contributed by atoms with Crippen molar-refractivity contribution in [3.05, 3.63) is 29.8 Å². The lowest BCUT2D eigenvalue weighted by Gasteiger charge is -2.32. The summed E-state index contributed by atoms with van der Waals surface area (Å²) < 4.78 is 66.9. The Morgan fingerprint density at radius 2 is 1.93 bits per heavy atom. The summed E-state index contributed by atoms with van der Waals surface area (Å²) in [5, 5.41) is 6.28. The molecule has 1 heterocycles. The highest BCUT2D eigenvalue weighted by molar-refractivity contribution is 7.90. The molecule has 0 amide bonds. The van der Waals surface area contributed by atoms with Gasteiger partial charge in [0.1, 0.15) is 5.75 Å². The topological polar surface area (TPSA) is 83.0 Å². The molecular formula is C17H25F3N4O3S. The third-order valence-corrected chi connectivity index (χ3v) is 6.00. The minimum absolute atomic E-state index is 0.173. The Morgan fingerprint density at radius 1 is 1.29 bits per heavy atom. The van der Waals surface area contributed by atoms with E-state index in [-0.39, 0.29) is 32.0 Å². The van der Waals surface area contributed by atoms with Crippen molar-refractivity contribution in [2.45, 2.75) is 37.9 Å². The Morgan fingerprint density at radius 3 is 2.50 bits per heavy atom. The number of guanidine groups is 1. The van der Waals surface area contributed by atoms with E-state index in [0.29, 0.717) is 23.4 Å². The van der Waals surface area contributed by atoms with E-state index < -0.39 is 15.5 Å². The zero-order valence-corrected chi connectivity index (χ0v) is 16.6. The molecule has 1 aliphatic heterocycles. The average molecular weight is 422 g/mol. The van der Waals surface area contributed by atoms with Gasteiger partial charge < -0.3 is 15.4 Å². The molecule has 2 rings (SSSR count). The Labute approximate surface area is 163 Å². The molecule has 11 heteroatoms. The van der Waals surface area contributed by atoms with Crippen molar-refractivity contribution in [2.24, 2.45) is 4.99 Å². The number of nitrogens with zero attached hydrogens (tertiary/aromatic N) is 2. The molecule has 1 fully saturated rings. The van der Waals surface area contributed by atoms with Gasteiger partial charge in [0.15, 0.2) is 5.96 Å². The molecule has 0 spiro atoms. The Bertz CT molecular complexity index is 776. The maximum absolute atomic E-state index is 12.6. The number of rotatable bonds is 6. The maximum atomic E-state index is 12.6. The monoisotopic (exact) mass is 422 g/mol. The van der Waals surface area contributed by atoms with Crippen molar-refractivity contribution in [1.29, 1.82) is 0 Å². The van der Waals surface area contributed by atoms with Crippen LogP contribution in [-0.4, -0.2) is 57.0 Å². The number of piperidine rings is 1. The van der Waals surface area contributed by atoms with Crippen LogP contribution in [0.3, 0.4) is 0 Å². The fourth-order valence-electron chi connectivity index (χ4n) is 2.90. The first-order valence-electron chi connectivity index (χ1n) is 8.93. The van der Waals surface area contributed by atoms with Crippen LogP contribution >= 0.6 is 0 Å². The molecular weight excluding hydrogens is 397 g/mol. The summed E-state index contributed by atoms with van der Waals surface area (Å²) >= 11 is 0. The molecule has 0 saturated carbocycles. The lowest BCUT2D eigenvalue weighted by Crippen LogP contribution is -2.51. The van der Waals surface area contributed by atoms with Gasteiger partial charge in [-0.3, -0.25) is 4.99 Å². The third-order valence-electron chi connectivity index (χ3n) is 4.37. The van der Waals surface area contributed by atoms with Crippen molar-refractivity contribution in [3.8, 4) is 5.75 Å². The van der Waals surface area contributed by atoms with E-state index >= 15 is 0 Å². The van der Waals surface area contributed by atoms with E-state index in [4.69, 9.17) is 4.74 Å². The van der Waals surface area contributed by atoms with Crippen molar-refractivity contribution in [1.82, 2.24) is 14.9 Å². The van der Waals surface area contributed by atoms with Gasteiger partial charge in [0.2, 0.25) is 0 Å². The van der Waals surface area contributed by atoms with Crippen molar-refractivity contribution >= 4 is 16.0 Å². The summed E-state index contributed by atoms with van der Waals surface area (Å²) in [5.41, 5.74) is -4.32. The molecule has 0 atom stereocenters. The molecule has 0 bridgehead atoms. The van der Waals surface area contributed by atoms with Crippen LogP contribution < -0.4 is 15.4 Å². The summed E-state index contributed by atoms with van der Waals surface area (Å²) in [7, 11) is -3.68. The van der Waals surface area contributed by atoms with Crippen LogP contribution in [0, 0.1) is 0 Å². The summed E-state index contributed by atoms with van der Waals surface area (Å²) in [6.07, 6.45) is 0.511. The van der Waals surface area contributed by atoms with Crippen LogP contribution in [0.1, 0.15) is 25.3 Å². The van der Waals surface area contributed by atoms with E-state index in [0.717, 1.165) is 11.3 Å². The molecule has 28 heavy (non-hydrogen) atoms. The average Bonchev–Trinajstić information content (AvgIpc) is 2.66. The summed E-state index contributed by atoms with van der Waals surface area (Å²) in [6.45, 7) is 2.52. The molecule has 1 saturated heterocycles. The molecule has 2 N–H and O–H groups in total. The molecule has 1 aliphatic rings. The highest BCUT2D eigenvalue weighted by Gasteiger charge is 2.50. The zero-order valence-electron chi connectivity index (χ0n) is 15.8. The highest BCUT2D eigenvalue weighted by atomic mass is 32.2. The van der Waals surface area contributed by atoms with Crippen LogP contribution in [-0.2, 0) is 16.6 Å². The largest absolute Gasteiger partial charge is 0.511 e. The van der Waals surface area contributed by atoms with Gasteiger partial charge in [-0.05, 0) is 25.8 Å². The van der Waals surface area contributed by atoms with E-state index in [1.165, 1.54) is 0 Å². The fraction of sp³-hybridized carbons (Fsp3) is 0.588. The number of para-hydroxylation sites is 1. The normalized spacial score (nSPS) is 17.4. The van der Waals surface area contributed by atoms with Gasteiger partial charge in [-0.25, -0.2) is 8.42 Å². The van der Waals surface area contributed by atoms with Crippen LogP contribution in [0.4, 0.5) is 13.2 Å². The predicted molar refractivity (Wildman–Crippen MR) is 101 cm³/mol. The standard InChI is InChI=1S/C17H25F3N4O3S/c1-3-27-15-7-5-4-6-13(15)12-22-16(21-2)23-14-8-10-24(11-9-14)28(25,26)17(18,19)20/h4-7,14H,3,8-12H2,1-2H3,(H2,21,22,23). The van der Waals surface area contributed by atoms with Gasteiger partial charge in [-0.15, -0.1) is 0 Å². The molecule has 1 aromatic carbocycles. The molecule has 1 aromatic rings. The molecule has 7 nitrogen and oxygen atoms in total. The summed E-state index contributed by atoms with van der Waals surface area (Å²) in [5.74, 6) is 1.25. The van der Waals surface area contributed by atoms with Gasteiger partial charge in [-0.1, -0.05) is 18.2 Å². The fourth-order valence-corrected chi connectivity index (χ4v) is 3.88. The first-order chi connectivity index (χ1) is 13.2. The second-order valence-corrected chi connectivity index (χ2v) is 8.16. The molecule has 158 valence electrons. The third kappa shape index (κ3) is 5.51. The predicted octanol–water partition coefficient (Wildman–Crippen LogP) is 2.06. The lowest BCUT2D eigenvalue weighted by atomic mass is 10.1. The summed E-state index contributed by atoms with van der Waals surface area (Å²) in [4.78, 5) is 4.12. The minimum Gasteiger partial charge on any atom is -0.494 e. The van der Waals surface area contributed by atoms with Crippen LogP contribution in [0.2, 0.25) is 0 Å². The first-order valence-corrected chi connectivity index (χ1v) is 10.4. The number of ether oxygens (including phenoxy) is 1. The van der Waals surface area contributed by atoms with Gasteiger partial charge in [0, 0.05) is 38.3 Å². The molecule has 0 radical (unpaired) electrons. The second kappa shape index (κ2) is 9.46. The zero-order chi connectivity index (χ0) is 20.8. The van der Waals surface area contributed by atoms with Gasteiger partial charge in [0.05, 0.1) is 6.61 Å². The number of hydrogen-bond acceptors (Lipinski definition) is 4. The molecule has 0 aromatic heterocycles. The van der Waals surface area contributed by atoms with Crippen LogP contribution in [0.5, 0.6) is 5.75 Å². The first kappa shape index (κ1) is 22.3. The lowest BCUT2D eigenvalue weighted by molar-refractivity contribution is -0.0494. The molecule has 0 unspecified atom stereocenters. The number of benzene rings is 1. The SMILES string of the molecule is CCOc1ccccc1CNC(=NC)NC1CCN(S(=O)(=O)C(F)(F)F)CC1.